The van der Waals surface area contributed by atoms with Crippen molar-refractivity contribution in [1.29, 1.82) is 0 Å². The number of hydrogen-bond donors (Lipinski definition) is 3. The summed E-state index contributed by atoms with van der Waals surface area (Å²) in [4.78, 5) is 28.9. The number of hydrogen-bond acceptors (Lipinski definition) is 4. The highest BCUT2D eigenvalue weighted by atomic mass is 35.5. The number of nitrogens with one attached hydrogen (secondary N) is 2. The summed E-state index contributed by atoms with van der Waals surface area (Å²) in [5.74, 6) is -0.472. The molecular formula is C25H22ClN3O3. The number of benzene rings is 2. The first-order chi connectivity index (χ1) is 15.5. The molecule has 0 bridgehead atoms. The summed E-state index contributed by atoms with van der Waals surface area (Å²) in [5, 5.41) is 17.1. The second kappa shape index (κ2) is 9.77. The normalized spacial score (nSPS) is 15.3. The third-order valence-corrected chi connectivity index (χ3v) is 5.53. The molecule has 0 radical (unpaired) electrons. The number of nitrogens with zero attached hydrogens (tertiary/aromatic N) is 1. The van der Waals surface area contributed by atoms with Gasteiger partial charge in [0, 0.05) is 34.8 Å². The van der Waals surface area contributed by atoms with Gasteiger partial charge < -0.3 is 15.7 Å². The fraction of sp³-hybridized carbons (Fsp3) is 0.160. The quantitative estimate of drug-likeness (QED) is 0.527. The fourth-order valence-electron chi connectivity index (χ4n) is 3.60. The number of carbonyl (C=O) groups excluding carboxylic acids is 2. The molecule has 1 heterocycles. The predicted molar refractivity (Wildman–Crippen MR) is 126 cm³/mol. The molecule has 1 aromatic heterocycles. The Morgan fingerprint density at radius 3 is 2.78 bits per heavy atom. The third kappa shape index (κ3) is 4.88. The molecule has 1 aliphatic carbocycles. The molecule has 2 amide bonds. The van der Waals surface area contributed by atoms with Crippen molar-refractivity contribution in [2.24, 2.45) is 0 Å². The van der Waals surface area contributed by atoms with Crippen LogP contribution in [-0.2, 0) is 9.59 Å². The van der Waals surface area contributed by atoms with Gasteiger partial charge in [-0.2, -0.15) is 0 Å². The summed E-state index contributed by atoms with van der Waals surface area (Å²) < 4.78 is 0. The van der Waals surface area contributed by atoms with Crippen LogP contribution in [0.15, 0.2) is 78.5 Å². The zero-order chi connectivity index (χ0) is 22.5. The van der Waals surface area contributed by atoms with Gasteiger partial charge in [-0.3, -0.25) is 14.6 Å². The zero-order valence-corrected chi connectivity index (χ0v) is 18.0. The molecule has 3 aromatic rings. The maximum absolute atomic E-state index is 12.7. The van der Waals surface area contributed by atoms with Crippen LogP contribution in [0, 0.1) is 0 Å². The van der Waals surface area contributed by atoms with Gasteiger partial charge in [0.05, 0.1) is 23.4 Å². The lowest BCUT2D eigenvalue weighted by atomic mass is 10.0. The lowest BCUT2D eigenvalue weighted by Crippen LogP contribution is -2.34. The Morgan fingerprint density at radius 2 is 2.00 bits per heavy atom. The highest BCUT2D eigenvalue weighted by molar-refractivity contribution is 6.33. The van der Waals surface area contributed by atoms with Gasteiger partial charge in [-0.25, -0.2) is 0 Å². The highest BCUT2D eigenvalue weighted by Gasteiger charge is 2.16. The van der Waals surface area contributed by atoms with Gasteiger partial charge in [0.25, 0.3) is 5.91 Å². The number of anilines is 1. The van der Waals surface area contributed by atoms with Crippen molar-refractivity contribution in [3.63, 3.8) is 0 Å². The van der Waals surface area contributed by atoms with Gasteiger partial charge in [-0.05, 0) is 36.1 Å². The first-order valence-electron chi connectivity index (χ1n) is 10.3. The van der Waals surface area contributed by atoms with Crippen molar-refractivity contribution in [2.75, 3.05) is 11.9 Å². The van der Waals surface area contributed by atoms with E-state index in [1.165, 1.54) is 0 Å². The van der Waals surface area contributed by atoms with E-state index in [9.17, 15) is 9.59 Å². The molecule has 2 aromatic carbocycles. The Balaban J connectivity index is 1.50. The van der Waals surface area contributed by atoms with Gasteiger partial charge in [-0.1, -0.05) is 54.1 Å². The number of rotatable bonds is 6. The van der Waals surface area contributed by atoms with Gasteiger partial charge in [0.1, 0.15) is 0 Å². The fourth-order valence-corrected chi connectivity index (χ4v) is 3.81. The number of pyridine rings is 1. The smallest absolute Gasteiger partial charge is 0.255 e. The highest BCUT2D eigenvalue weighted by Crippen LogP contribution is 2.33. The van der Waals surface area contributed by atoms with Crippen LogP contribution in [0.25, 0.3) is 22.0 Å². The number of aromatic nitrogens is 1. The van der Waals surface area contributed by atoms with E-state index in [1.54, 1.807) is 36.6 Å². The third-order valence-electron chi connectivity index (χ3n) is 5.20. The van der Waals surface area contributed by atoms with Crippen LogP contribution in [0.3, 0.4) is 0 Å². The molecule has 162 valence electrons. The Morgan fingerprint density at radius 1 is 1.16 bits per heavy atom. The number of aliphatic hydroxyl groups is 1. The zero-order valence-electron chi connectivity index (χ0n) is 17.2. The van der Waals surface area contributed by atoms with E-state index >= 15 is 0 Å². The summed E-state index contributed by atoms with van der Waals surface area (Å²) in [6.07, 6.45) is 7.55. The predicted octanol–water partition coefficient (Wildman–Crippen LogP) is 4.25. The summed E-state index contributed by atoms with van der Waals surface area (Å²) in [7, 11) is 0. The summed E-state index contributed by atoms with van der Waals surface area (Å²) in [6.45, 7) is -0.191. The largest absolute Gasteiger partial charge is 0.396 e. The molecular weight excluding hydrogens is 426 g/mol. The van der Waals surface area contributed by atoms with Crippen LogP contribution in [-0.4, -0.2) is 34.6 Å². The monoisotopic (exact) mass is 447 g/mol. The number of carbonyl (C=O) groups is 2. The van der Waals surface area contributed by atoms with Gasteiger partial charge in [-0.15, -0.1) is 0 Å². The number of aliphatic hydroxyl groups excluding tert-OH is 1. The van der Waals surface area contributed by atoms with Gasteiger partial charge >= 0.3 is 0 Å². The lowest BCUT2D eigenvalue weighted by molar-refractivity contribution is -0.122. The number of amides is 2. The van der Waals surface area contributed by atoms with Crippen molar-refractivity contribution in [3.05, 3.63) is 83.6 Å². The number of halogens is 1. The molecule has 6 nitrogen and oxygen atoms in total. The summed E-state index contributed by atoms with van der Waals surface area (Å²) >= 11 is 6.47. The van der Waals surface area contributed by atoms with Crippen LogP contribution in [0.4, 0.5) is 5.69 Å². The summed E-state index contributed by atoms with van der Waals surface area (Å²) in [6, 6.07) is 15.0. The molecule has 7 heteroatoms. The maximum atomic E-state index is 12.7. The molecule has 0 aliphatic heterocycles. The van der Waals surface area contributed by atoms with Crippen molar-refractivity contribution in [3.8, 4) is 11.3 Å². The topological polar surface area (TPSA) is 91.3 Å². The standard InChI is InChI=1S/C25H22ClN3O3/c26-22-10-9-19(15-21(22)24-20-4-2-1-3-16(20)11-13-27-24)29-25(32)17-5-7-18(8-6-17)28-23(31)12-14-30/h1-7,9-11,13,15,18,30H,8,12,14H2,(H,28,31)(H,29,32). The van der Waals surface area contributed by atoms with Crippen LogP contribution in [0.5, 0.6) is 0 Å². The van der Waals surface area contributed by atoms with Crippen molar-refractivity contribution in [1.82, 2.24) is 10.3 Å². The molecule has 0 saturated carbocycles. The molecule has 1 aliphatic rings. The van der Waals surface area contributed by atoms with Gasteiger partial charge in [0.15, 0.2) is 0 Å². The van der Waals surface area contributed by atoms with Crippen LogP contribution >= 0.6 is 11.6 Å². The minimum atomic E-state index is -0.250. The first kappa shape index (κ1) is 21.7. The van der Waals surface area contributed by atoms with E-state index in [1.807, 2.05) is 36.4 Å². The molecule has 4 rings (SSSR count). The van der Waals surface area contributed by atoms with Gasteiger partial charge in [0.2, 0.25) is 5.91 Å². The Kier molecular flexibility index (Phi) is 6.63. The molecule has 32 heavy (non-hydrogen) atoms. The van der Waals surface area contributed by atoms with Crippen molar-refractivity contribution in [2.45, 2.75) is 18.9 Å². The number of fused-ring (bicyclic) bond motifs is 1. The van der Waals surface area contributed by atoms with Crippen LogP contribution < -0.4 is 10.6 Å². The second-order valence-electron chi connectivity index (χ2n) is 7.43. The Bertz CT molecular complexity index is 1230. The molecule has 1 unspecified atom stereocenters. The second-order valence-corrected chi connectivity index (χ2v) is 7.84. The van der Waals surface area contributed by atoms with E-state index in [0.29, 0.717) is 22.7 Å². The van der Waals surface area contributed by atoms with E-state index < -0.39 is 0 Å². The summed E-state index contributed by atoms with van der Waals surface area (Å²) in [5.41, 5.74) is 2.61. The van der Waals surface area contributed by atoms with Crippen molar-refractivity contribution >= 4 is 39.9 Å². The van der Waals surface area contributed by atoms with E-state index in [0.717, 1.165) is 22.0 Å². The minimum absolute atomic E-state index is 0.0614. The lowest BCUT2D eigenvalue weighted by Gasteiger charge is -2.17. The average Bonchev–Trinajstić information content (AvgIpc) is 2.80. The Labute approximate surface area is 190 Å². The molecule has 0 fully saturated rings. The van der Waals surface area contributed by atoms with E-state index in [-0.39, 0.29) is 30.9 Å². The average molecular weight is 448 g/mol. The first-order valence-corrected chi connectivity index (χ1v) is 10.7. The molecule has 3 N–H and O–H groups in total. The van der Waals surface area contributed by atoms with Crippen LogP contribution in [0.2, 0.25) is 5.02 Å². The van der Waals surface area contributed by atoms with Crippen molar-refractivity contribution < 1.29 is 14.7 Å². The minimum Gasteiger partial charge on any atom is -0.396 e. The molecule has 1 atom stereocenters. The SMILES string of the molecule is O=C(CCO)NC1C=CC(C(=O)Nc2ccc(Cl)c(-c3nccc4ccccc34)c2)=CC1. The molecule has 0 saturated heterocycles. The Hall–Kier alpha value is -3.48. The molecule has 0 spiro atoms. The van der Waals surface area contributed by atoms with E-state index in [2.05, 4.69) is 15.6 Å². The van der Waals surface area contributed by atoms with E-state index in [4.69, 9.17) is 16.7 Å². The van der Waals surface area contributed by atoms with Crippen LogP contribution in [0.1, 0.15) is 12.8 Å². The maximum Gasteiger partial charge on any atom is 0.255 e.